The molecule has 88 valence electrons. The highest BCUT2D eigenvalue weighted by molar-refractivity contribution is 5.81. The van der Waals surface area contributed by atoms with Crippen molar-refractivity contribution in [3.63, 3.8) is 0 Å². The van der Waals surface area contributed by atoms with Crippen LogP contribution in [-0.2, 0) is 11.3 Å². The molecule has 0 radical (unpaired) electrons. The topological polar surface area (TPSA) is 80.9 Å². The second kappa shape index (κ2) is 6.17. The maximum absolute atomic E-state index is 11.6. The summed E-state index contributed by atoms with van der Waals surface area (Å²) in [6, 6.07) is -0.457. The van der Waals surface area contributed by atoms with E-state index in [0.717, 1.165) is 12.1 Å². The van der Waals surface area contributed by atoms with Gasteiger partial charge in [-0.25, -0.2) is 0 Å². The Hall–Kier alpha value is -1.49. The lowest BCUT2D eigenvalue weighted by Gasteiger charge is -2.17. The van der Waals surface area contributed by atoms with Gasteiger partial charge in [-0.3, -0.25) is 14.8 Å². The van der Waals surface area contributed by atoms with Crippen molar-refractivity contribution in [2.24, 2.45) is 11.7 Å². The molecule has 0 aliphatic heterocycles. The zero-order chi connectivity index (χ0) is 12.0. The summed E-state index contributed by atoms with van der Waals surface area (Å²) in [4.78, 5) is 19.6. The molecule has 0 aromatic carbocycles. The van der Waals surface area contributed by atoms with E-state index in [1.165, 1.54) is 0 Å². The minimum atomic E-state index is -0.457. The molecule has 0 bridgehead atoms. The van der Waals surface area contributed by atoms with Crippen molar-refractivity contribution in [3.8, 4) is 0 Å². The van der Waals surface area contributed by atoms with E-state index in [2.05, 4.69) is 15.3 Å². The lowest BCUT2D eigenvalue weighted by molar-refractivity contribution is -0.123. The first-order valence-electron chi connectivity index (χ1n) is 5.43. The second-order valence-corrected chi connectivity index (χ2v) is 3.83. The Bertz CT molecular complexity index is 328. The van der Waals surface area contributed by atoms with Crippen LogP contribution in [0.15, 0.2) is 18.6 Å². The number of carbonyl (C=O) groups excluding carboxylic acids is 1. The van der Waals surface area contributed by atoms with E-state index in [0.29, 0.717) is 6.54 Å². The molecule has 1 rings (SSSR count). The highest BCUT2D eigenvalue weighted by Crippen LogP contribution is 2.05. The van der Waals surface area contributed by atoms with Gasteiger partial charge in [-0.15, -0.1) is 0 Å². The molecule has 0 saturated carbocycles. The van der Waals surface area contributed by atoms with Crippen LogP contribution in [0.25, 0.3) is 0 Å². The molecule has 0 aliphatic rings. The van der Waals surface area contributed by atoms with E-state index < -0.39 is 6.04 Å². The number of hydrogen-bond donors (Lipinski definition) is 2. The SMILES string of the molecule is CCC(C)[C@H](N)C(=O)NCc1cnccn1. The van der Waals surface area contributed by atoms with Crippen molar-refractivity contribution in [2.75, 3.05) is 0 Å². The number of rotatable bonds is 5. The number of carbonyl (C=O) groups is 1. The van der Waals surface area contributed by atoms with Crippen molar-refractivity contribution in [2.45, 2.75) is 32.9 Å². The van der Waals surface area contributed by atoms with Crippen LogP contribution in [0.2, 0.25) is 0 Å². The van der Waals surface area contributed by atoms with Gasteiger partial charge in [0.25, 0.3) is 0 Å². The molecule has 1 unspecified atom stereocenters. The number of nitrogens with zero attached hydrogens (tertiary/aromatic N) is 2. The molecule has 5 nitrogen and oxygen atoms in total. The highest BCUT2D eigenvalue weighted by atomic mass is 16.2. The van der Waals surface area contributed by atoms with Crippen molar-refractivity contribution in [1.82, 2.24) is 15.3 Å². The smallest absolute Gasteiger partial charge is 0.237 e. The number of amides is 1. The molecule has 3 N–H and O–H groups in total. The summed E-state index contributed by atoms with van der Waals surface area (Å²) in [5.41, 5.74) is 6.52. The Kier molecular flexibility index (Phi) is 4.85. The molecular formula is C11H18N4O. The summed E-state index contributed by atoms with van der Waals surface area (Å²) in [5, 5.41) is 2.75. The second-order valence-electron chi connectivity index (χ2n) is 3.83. The minimum Gasteiger partial charge on any atom is -0.349 e. The Balaban J connectivity index is 2.41. The predicted octanol–water partition coefficient (Wildman–Crippen LogP) is 0.466. The predicted molar refractivity (Wildman–Crippen MR) is 61.3 cm³/mol. The van der Waals surface area contributed by atoms with Gasteiger partial charge in [0.05, 0.1) is 24.5 Å². The van der Waals surface area contributed by atoms with Gasteiger partial charge in [-0.1, -0.05) is 20.3 Å². The summed E-state index contributed by atoms with van der Waals surface area (Å²) in [7, 11) is 0. The Morgan fingerprint density at radius 3 is 2.88 bits per heavy atom. The van der Waals surface area contributed by atoms with Crippen molar-refractivity contribution < 1.29 is 4.79 Å². The van der Waals surface area contributed by atoms with Crippen LogP contribution in [0.4, 0.5) is 0 Å². The van der Waals surface area contributed by atoms with Crippen molar-refractivity contribution in [1.29, 1.82) is 0 Å². The standard InChI is InChI=1S/C11H18N4O/c1-3-8(2)10(12)11(16)15-7-9-6-13-4-5-14-9/h4-6,8,10H,3,7,12H2,1-2H3,(H,15,16)/t8?,10-/m0/s1. The van der Waals surface area contributed by atoms with Crippen LogP contribution in [0.1, 0.15) is 26.0 Å². The van der Waals surface area contributed by atoms with Gasteiger partial charge in [0.15, 0.2) is 0 Å². The Morgan fingerprint density at radius 1 is 1.56 bits per heavy atom. The minimum absolute atomic E-state index is 0.139. The first-order chi connectivity index (χ1) is 7.65. The van der Waals surface area contributed by atoms with E-state index in [9.17, 15) is 4.79 Å². The van der Waals surface area contributed by atoms with Crippen LogP contribution in [0.3, 0.4) is 0 Å². The number of nitrogens with one attached hydrogen (secondary N) is 1. The maximum atomic E-state index is 11.6. The van der Waals surface area contributed by atoms with E-state index in [1.54, 1.807) is 18.6 Å². The molecule has 1 aromatic rings. The molecule has 1 heterocycles. The largest absolute Gasteiger partial charge is 0.349 e. The first kappa shape index (κ1) is 12.6. The van der Waals surface area contributed by atoms with E-state index in [-0.39, 0.29) is 11.8 Å². The molecule has 16 heavy (non-hydrogen) atoms. The first-order valence-corrected chi connectivity index (χ1v) is 5.43. The van der Waals surface area contributed by atoms with E-state index in [4.69, 9.17) is 5.73 Å². The third-order valence-electron chi connectivity index (χ3n) is 2.62. The lowest BCUT2D eigenvalue weighted by atomic mass is 9.99. The number of hydrogen-bond acceptors (Lipinski definition) is 4. The van der Waals surface area contributed by atoms with Crippen molar-refractivity contribution in [3.05, 3.63) is 24.3 Å². The summed E-state index contributed by atoms with van der Waals surface area (Å²) < 4.78 is 0. The van der Waals surface area contributed by atoms with E-state index >= 15 is 0 Å². The number of aromatic nitrogens is 2. The van der Waals surface area contributed by atoms with Gasteiger partial charge >= 0.3 is 0 Å². The third kappa shape index (κ3) is 3.58. The Labute approximate surface area is 95.5 Å². The van der Waals surface area contributed by atoms with Gasteiger partial charge in [-0.2, -0.15) is 0 Å². The van der Waals surface area contributed by atoms with Crippen LogP contribution in [-0.4, -0.2) is 21.9 Å². The summed E-state index contributed by atoms with van der Waals surface area (Å²) >= 11 is 0. The number of nitrogens with two attached hydrogens (primary N) is 1. The lowest BCUT2D eigenvalue weighted by Crippen LogP contribution is -2.44. The molecule has 1 aromatic heterocycles. The zero-order valence-corrected chi connectivity index (χ0v) is 9.68. The maximum Gasteiger partial charge on any atom is 0.237 e. The Morgan fingerprint density at radius 2 is 2.31 bits per heavy atom. The molecule has 0 fully saturated rings. The van der Waals surface area contributed by atoms with Crippen molar-refractivity contribution >= 4 is 5.91 Å². The summed E-state index contributed by atoms with van der Waals surface area (Å²) in [5.74, 6) is 0.0434. The molecule has 0 spiro atoms. The zero-order valence-electron chi connectivity index (χ0n) is 9.68. The van der Waals surface area contributed by atoms with Crippen LogP contribution in [0.5, 0.6) is 0 Å². The van der Waals surface area contributed by atoms with Gasteiger partial charge in [0.1, 0.15) is 0 Å². The monoisotopic (exact) mass is 222 g/mol. The van der Waals surface area contributed by atoms with Gasteiger partial charge in [0, 0.05) is 12.4 Å². The normalized spacial score (nSPS) is 14.2. The third-order valence-corrected chi connectivity index (χ3v) is 2.62. The van der Waals surface area contributed by atoms with E-state index in [1.807, 2.05) is 13.8 Å². The quantitative estimate of drug-likeness (QED) is 0.758. The average molecular weight is 222 g/mol. The van der Waals surface area contributed by atoms with Crippen LogP contribution < -0.4 is 11.1 Å². The van der Waals surface area contributed by atoms with Gasteiger partial charge in [0.2, 0.25) is 5.91 Å². The molecule has 0 aliphatic carbocycles. The summed E-state index contributed by atoms with van der Waals surface area (Å²) in [6.45, 7) is 4.35. The molecular weight excluding hydrogens is 204 g/mol. The molecule has 0 saturated heterocycles. The van der Waals surface area contributed by atoms with Gasteiger partial charge < -0.3 is 11.1 Å². The fraction of sp³-hybridized carbons (Fsp3) is 0.545. The highest BCUT2D eigenvalue weighted by Gasteiger charge is 2.18. The van der Waals surface area contributed by atoms with Crippen LogP contribution >= 0.6 is 0 Å². The summed E-state index contributed by atoms with van der Waals surface area (Å²) in [6.07, 6.45) is 5.70. The molecule has 5 heteroatoms. The van der Waals surface area contributed by atoms with Gasteiger partial charge in [-0.05, 0) is 5.92 Å². The average Bonchev–Trinajstić information content (AvgIpc) is 2.35. The fourth-order valence-electron chi connectivity index (χ4n) is 1.23. The van der Waals surface area contributed by atoms with Crippen LogP contribution in [0, 0.1) is 5.92 Å². The molecule has 2 atom stereocenters. The molecule has 1 amide bonds. The fourth-order valence-corrected chi connectivity index (χ4v) is 1.23.